The molecule has 5 N–H and O–H groups in total. The molecule has 2 saturated heterocycles. The van der Waals surface area contributed by atoms with Gasteiger partial charge in [0.25, 0.3) is 0 Å². The highest BCUT2D eigenvalue weighted by atomic mass is 16.6. The molecule has 148 valence electrons. The van der Waals surface area contributed by atoms with Gasteiger partial charge in [-0.1, -0.05) is 0 Å². The third-order valence-corrected chi connectivity index (χ3v) is 3.11. The molecule has 2 fully saturated rings. The van der Waals surface area contributed by atoms with E-state index in [-0.39, 0.29) is 17.2 Å². The molecule has 0 bridgehead atoms. The van der Waals surface area contributed by atoms with Crippen molar-refractivity contribution in [1.82, 2.24) is 10.2 Å². The lowest BCUT2D eigenvalue weighted by molar-refractivity contribution is -0.159. The van der Waals surface area contributed by atoms with Crippen molar-refractivity contribution in [2.75, 3.05) is 19.6 Å². The van der Waals surface area contributed by atoms with E-state index in [1.165, 1.54) is 6.42 Å². The summed E-state index contributed by atoms with van der Waals surface area (Å²) < 4.78 is 5.26. The van der Waals surface area contributed by atoms with Crippen LogP contribution in [0.25, 0.3) is 0 Å². The summed E-state index contributed by atoms with van der Waals surface area (Å²) in [6, 6.07) is 0. The first-order chi connectivity index (χ1) is 11.7. The maximum atomic E-state index is 11.5. The number of amides is 1. The number of carbonyl (C=O) groups excluding carboxylic acids is 1. The Kier molecular flexibility index (Phi) is 7.99. The Morgan fingerprint density at radius 3 is 1.42 bits per heavy atom. The fourth-order valence-corrected chi connectivity index (χ4v) is 1.89. The Labute approximate surface area is 148 Å². The standard InChI is InChI=1S/C10H18N2O2.2C2H2O4/c1-9(2,3)14-8(13)12-6-10(7-12)4-5-11-10;2*3-1(4)2(5)6/h11H,4-7H2,1-3H3;2*(H,3,4)(H,5,6). The van der Waals surface area contributed by atoms with Crippen LogP contribution in [-0.2, 0) is 23.9 Å². The van der Waals surface area contributed by atoms with Crippen molar-refractivity contribution in [3.8, 4) is 0 Å². The van der Waals surface area contributed by atoms with Crippen molar-refractivity contribution in [2.45, 2.75) is 38.3 Å². The Morgan fingerprint density at radius 2 is 1.23 bits per heavy atom. The zero-order valence-electron chi connectivity index (χ0n) is 14.5. The van der Waals surface area contributed by atoms with Gasteiger partial charge in [0, 0.05) is 13.1 Å². The lowest BCUT2D eigenvalue weighted by Gasteiger charge is -2.55. The first-order valence-electron chi connectivity index (χ1n) is 7.34. The summed E-state index contributed by atoms with van der Waals surface area (Å²) in [7, 11) is 0. The van der Waals surface area contributed by atoms with Crippen LogP contribution in [-0.4, -0.2) is 86.1 Å². The minimum Gasteiger partial charge on any atom is -0.473 e. The molecule has 0 atom stereocenters. The summed E-state index contributed by atoms with van der Waals surface area (Å²) in [5, 5.41) is 32.9. The van der Waals surface area contributed by atoms with Crippen LogP contribution in [0.5, 0.6) is 0 Å². The molecule has 1 amide bonds. The van der Waals surface area contributed by atoms with Crippen LogP contribution in [0.3, 0.4) is 0 Å². The predicted molar refractivity (Wildman–Crippen MR) is 83.7 cm³/mol. The van der Waals surface area contributed by atoms with Crippen LogP contribution in [0, 0.1) is 0 Å². The summed E-state index contributed by atoms with van der Waals surface area (Å²) in [6.07, 6.45) is 1.00. The monoisotopic (exact) mass is 378 g/mol. The molecular formula is C14H22N2O10. The molecule has 2 aliphatic heterocycles. The Morgan fingerprint density at radius 1 is 0.885 bits per heavy atom. The average Bonchev–Trinajstić information content (AvgIpc) is 2.34. The second kappa shape index (κ2) is 8.99. The summed E-state index contributed by atoms with van der Waals surface area (Å²) in [5.74, 6) is -7.30. The molecule has 0 aliphatic carbocycles. The highest BCUT2D eigenvalue weighted by Gasteiger charge is 2.49. The minimum absolute atomic E-state index is 0.183. The fraction of sp³-hybridized carbons (Fsp3) is 0.643. The molecule has 0 unspecified atom stereocenters. The van der Waals surface area contributed by atoms with Crippen molar-refractivity contribution in [3.63, 3.8) is 0 Å². The SMILES string of the molecule is CC(C)(C)OC(=O)N1CC2(CCN2)C1.O=C(O)C(=O)O.O=C(O)C(=O)O. The van der Waals surface area contributed by atoms with E-state index in [0.717, 1.165) is 19.6 Å². The van der Waals surface area contributed by atoms with Gasteiger partial charge < -0.3 is 35.4 Å². The van der Waals surface area contributed by atoms with Crippen LogP contribution in [0.1, 0.15) is 27.2 Å². The van der Waals surface area contributed by atoms with Gasteiger partial charge in [-0.05, 0) is 33.7 Å². The van der Waals surface area contributed by atoms with E-state index in [0.29, 0.717) is 0 Å². The molecule has 26 heavy (non-hydrogen) atoms. The number of aliphatic carboxylic acids is 4. The molecule has 2 aliphatic rings. The highest BCUT2D eigenvalue weighted by molar-refractivity contribution is 6.27. The van der Waals surface area contributed by atoms with E-state index >= 15 is 0 Å². The molecule has 0 radical (unpaired) electrons. The zero-order valence-corrected chi connectivity index (χ0v) is 14.5. The molecule has 12 heteroatoms. The number of rotatable bonds is 0. The minimum atomic E-state index is -1.82. The van der Waals surface area contributed by atoms with E-state index in [1.807, 2.05) is 20.8 Å². The number of hydrogen-bond donors (Lipinski definition) is 5. The third-order valence-electron chi connectivity index (χ3n) is 3.11. The van der Waals surface area contributed by atoms with Crippen LogP contribution in [0.2, 0.25) is 0 Å². The number of carbonyl (C=O) groups is 5. The lowest BCUT2D eigenvalue weighted by Crippen LogP contribution is -2.76. The fourth-order valence-electron chi connectivity index (χ4n) is 1.89. The van der Waals surface area contributed by atoms with Crippen molar-refractivity contribution in [2.24, 2.45) is 0 Å². The Hall–Kier alpha value is -2.89. The maximum absolute atomic E-state index is 11.5. The molecule has 12 nitrogen and oxygen atoms in total. The number of ether oxygens (including phenoxy) is 1. The average molecular weight is 378 g/mol. The topological polar surface area (TPSA) is 191 Å². The molecule has 2 heterocycles. The molecule has 0 saturated carbocycles. The molecule has 0 aromatic carbocycles. The van der Waals surface area contributed by atoms with E-state index in [4.69, 9.17) is 44.3 Å². The maximum Gasteiger partial charge on any atom is 0.414 e. The molecule has 2 rings (SSSR count). The number of nitrogens with one attached hydrogen (secondary N) is 1. The van der Waals surface area contributed by atoms with Crippen LogP contribution >= 0.6 is 0 Å². The molecule has 0 aromatic rings. The van der Waals surface area contributed by atoms with Crippen LogP contribution in [0.15, 0.2) is 0 Å². The van der Waals surface area contributed by atoms with Crippen molar-refractivity contribution in [1.29, 1.82) is 0 Å². The van der Waals surface area contributed by atoms with E-state index < -0.39 is 23.9 Å². The van der Waals surface area contributed by atoms with Gasteiger partial charge in [0.1, 0.15) is 5.60 Å². The molecular weight excluding hydrogens is 356 g/mol. The van der Waals surface area contributed by atoms with Gasteiger partial charge in [0.2, 0.25) is 0 Å². The number of carboxylic acid groups (broad SMARTS) is 4. The molecule has 0 aromatic heterocycles. The molecule has 1 spiro atoms. The third kappa shape index (κ3) is 8.28. The summed E-state index contributed by atoms with van der Waals surface area (Å²) in [4.78, 5) is 49.7. The largest absolute Gasteiger partial charge is 0.473 e. The highest BCUT2D eigenvalue weighted by Crippen LogP contribution is 2.30. The van der Waals surface area contributed by atoms with E-state index in [2.05, 4.69) is 5.32 Å². The van der Waals surface area contributed by atoms with Crippen LogP contribution in [0.4, 0.5) is 4.79 Å². The number of carboxylic acids is 4. The second-order valence-corrected chi connectivity index (χ2v) is 6.51. The summed E-state index contributed by atoms with van der Waals surface area (Å²) >= 11 is 0. The first-order valence-corrected chi connectivity index (χ1v) is 7.34. The van der Waals surface area contributed by atoms with Gasteiger partial charge >= 0.3 is 30.0 Å². The Bertz CT molecular complexity index is 521. The van der Waals surface area contributed by atoms with Crippen molar-refractivity contribution in [3.05, 3.63) is 0 Å². The number of likely N-dealkylation sites (tertiary alicyclic amines) is 1. The van der Waals surface area contributed by atoms with Gasteiger partial charge in [-0.25, -0.2) is 24.0 Å². The van der Waals surface area contributed by atoms with Gasteiger partial charge in [-0.2, -0.15) is 0 Å². The smallest absolute Gasteiger partial charge is 0.414 e. The quantitative estimate of drug-likeness (QED) is 0.334. The second-order valence-electron chi connectivity index (χ2n) is 6.51. The van der Waals surface area contributed by atoms with Gasteiger partial charge in [0.15, 0.2) is 0 Å². The summed E-state index contributed by atoms with van der Waals surface area (Å²) in [6.45, 7) is 8.37. The van der Waals surface area contributed by atoms with E-state index in [1.54, 1.807) is 4.90 Å². The van der Waals surface area contributed by atoms with Crippen molar-refractivity contribution >= 4 is 30.0 Å². The van der Waals surface area contributed by atoms with Gasteiger partial charge in [0.05, 0.1) is 5.54 Å². The first kappa shape index (κ1) is 23.1. The zero-order chi connectivity index (χ0) is 20.7. The van der Waals surface area contributed by atoms with Gasteiger partial charge in [-0.15, -0.1) is 0 Å². The van der Waals surface area contributed by atoms with Gasteiger partial charge in [-0.3, -0.25) is 0 Å². The normalized spacial score (nSPS) is 16.3. The number of nitrogens with zero attached hydrogens (tertiary/aromatic N) is 1. The number of hydrogen-bond acceptors (Lipinski definition) is 7. The van der Waals surface area contributed by atoms with E-state index in [9.17, 15) is 4.79 Å². The Balaban J connectivity index is 0.000000437. The predicted octanol–water partition coefficient (Wildman–Crippen LogP) is -0.720. The van der Waals surface area contributed by atoms with Crippen LogP contribution < -0.4 is 5.32 Å². The van der Waals surface area contributed by atoms with Crippen molar-refractivity contribution < 1.29 is 49.1 Å². The lowest BCUT2D eigenvalue weighted by atomic mass is 9.81. The summed E-state index contributed by atoms with van der Waals surface area (Å²) in [5.41, 5.74) is -0.135.